The number of hydrogen-bond donors (Lipinski definition) is 0. The van der Waals surface area contributed by atoms with Gasteiger partial charge in [0.2, 0.25) is 0 Å². The van der Waals surface area contributed by atoms with Crippen molar-refractivity contribution in [2.24, 2.45) is 5.92 Å². The molecule has 0 N–H and O–H groups in total. The summed E-state index contributed by atoms with van der Waals surface area (Å²) in [5, 5.41) is 0. The summed E-state index contributed by atoms with van der Waals surface area (Å²) in [5.41, 5.74) is 5.00. The first-order chi connectivity index (χ1) is 10.8. The zero-order valence-electron chi connectivity index (χ0n) is 13.1. The predicted octanol–water partition coefficient (Wildman–Crippen LogP) is 2.69. The second-order valence-electron chi connectivity index (χ2n) is 6.63. The molecule has 0 aromatic carbocycles. The number of hydrogen-bond acceptors (Lipinski definition) is 4. The minimum atomic E-state index is 0.842. The van der Waals surface area contributed by atoms with E-state index in [0.29, 0.717) is 0 Å². The van der Waals surface area contributed by atoms with Gasteiger partial charge in [-0.25, -0.2) is 9.97 Å². The summed E-state index contributed by atoms with van der Waals surface area (Å²) in [6.07, 6.45) is 8.76. The van der Waals surface area contributed by atoms with Gasteiger partial charge in [-0.15, -0.1) is 0 Å². The zero-order chi connectivity index (χ0) is 14.9. The monoisotopic (exact) mass is 294 g/mol. The van der Waals surface area contributed by atoms with Crippen LogP contribution in [0.2, 0.25) is 0 Å². The lowest BCUT2D eigenvalue weighted by Gasteiger charge is -2.28. The number of pyridine rings is 1. The summed E-state index contributed by atoms with van der Waals surface area (Å²) >= 11 is 0. The molecule has 4 nitrogen and oxygen atoms in total. The molecule has 2 aromatic heterocycles. The maximum absolute atomic E-state index is 4.83. The van der Waals surface area contributed by atoms with E-state index in [9.17, 15) is 0 Å². The molecular formula is C18H22N4. The van der Waals surface area contributed by atoms with Crippen LogP contribution in [0.3, 0.4) is 0 Å². The van der Waals surface area contributed by atoms with Crippen molar-refractivity contribution in [2.45, 2.75) is 45.7 Å². The molecule has 0 bridgehead atoms. The molecule has 0 spiro atoms. The molecule has 0 unspecified atom stereocenters. The molecule has 0 amide bonds. The number of rotatable bonds is 4. The Morgan fingerprint density at radius 1 is 1.27 bits per heavy atom. The van der Waals surface area contributed by atoms with E-state index in [4.69, 9.17) is 4.98 Å². The van der Waals surface area contributed by atoms with Crippen LogP contribution in [0.15, 0.2) is 24.5 Å². The second kappa shape index (κ2) is 5.76. The van der Waals surface area contributed by atoms with Crippen molar-refractivity contribution in [3.63, 3.8) is 0 Å². The zero-order valence-corrected chi connectivity index (χ0v) is 13.1. The van der Waals surface area contributed by atoms with Gasteiger partial charge in [-0.2, -0.15) is 0 Å². The van der Waals surface area contributed by atoms with Crippen LogP contribution in [0.25, 0.3) is 0 Å². The lowest BCUT2D eigenvalue weighted by molar-refractivity contribution is 0.237. The van der Waals surface area contributed by atoms with Gasteiger partial charge in [0.1, 0.15) is 5.82 Å². The molecule has 0 atom stereocenters. The lowest BCUT2D eigenvalue weighted by atomic mass is 10.1. The van der Waals surface area contributed by atoms with Gasteiger partial charge in [0.15, 0.2) is 0 Å². The summed E-state index contributed by atoms with van der Waals surface area (Å²) < 4.78 is 0. The van der Waals surface area contributed by atoms with Crippen molar-refractivity contribution >= 4 is 0 Å². The number of fused-ring (bicyclic) bond motifs is 1. The van der Waals surface area contributed by atoms with Crippen LogP contribution in [0, 0.1) is 12.8 Å². The Hall–Kier alpha value is -1.81. The third-order valence-electron chi connectivity index (χ3n) is 4.73. The summed E-state index contributed by atoms with van der Waals surface area (Å²) in [6, 6.07) is 4.14. The van der Waals surface area contributed by atoms with Gasteiger partial charge < -0.3 is 0 Å². The summed E-state index contributed by atoms with van der Waals surface area (Å²) in [6.45, 7) is 5.03. The van der Waals surface area contributed by atoms with Crippen molar-refractivity contribution in [3.05, 3.63) is 52.9 Å². The summed E-state index contributed by atoms with van der Waals surface area (Å²) in [5.74, 6) is 1.88. The average molecular weight is 294 g/mol. The predicted molar refractivity (Wildman–Crippen MR) is 85.3 cm³/mol. The largest absolute Gasteiger partial charge is 0.291 e. The Morgan fingerprint density at radius 3 is 3.00 bits per heavy atom. The maximum atomic E-state index is 4.83. The SMILES string of the molecule is Cc1cccnc1CN1CCc2cnc(CC3CC3)nc2C1. The van der Waals surface area contributed by atoms with E-state index in [1.807, 2.05) is 12.3 Å². The Kier molecular flexibility index (Phi) is 3.62. The summed E-state index contributed by atoms with van der Waals surface area (Å²) in [4.78, 5) is 16.4. The standard InChI is InChI=1S/C18H22N4/c1-13-3-2-7-19-16(13)11-22-8-6-15-10-20-18(9-14-4-5-14)21-17(15)12-22/h2-3,7,10,14H,4-6,8-9,11-12H2,1H3. The van der Waals surface area contributed by atoms with Crippen LogP contribution in [0.5, 0.6) is 0 Å². The fourth-order valence-electron chi connectivity index (χ4n) is 3.11. The molecule has 2 aromatic rings. The van der Waals surface area contributed by atoms with E-state index >= 15 is 0 Å². The van der Waals surface area contributed by atoms with Crippen LogP contribution in [0.1, 0.15) is 41.2 Å². The first-order valence-electron chi connectivity index (χ1n) is 8.24. The van der Waals surface area contributed by atoms with Crippen LogP contribution in [-0.2, 0) is 25.9 Å². The van der Waals surface area contributed by atoms with E-state index < -0.39 is 0 Å². The van der Waals surface area contributed by atoms with E-state index in [0.717, 1.165) is 44.2 Å². The van der Waals surface area contributed by atoms with Crippen molar-refractivity contribution < 1.29 is 0 Å². The molecular weight excluding hydrogens is 272 g/mol. The Bertz CT molecular complexity index is 679. The van der Waals surface area contributed by atoms with E-state index in [2.05, 4.69) is 34.1 Å². The van der Waals surface area contributed by atoms with Crippen molar-refractivity contribution in [3.8, 4) is 0 Å². The van der Waals surface area contributed by atoms with Crippen LogP contribution in [0.4, 0.5) is 0 Å². The van der Waals surface area contributed by atoms with Crippen LogP contribution < -0.4 is 0 Å². The third kappa shape index (κ3) is 3.02. The second-order valence-corrected chi connectivity index (χ2v) is 6.63. The van der Waals surface area contributed by atoms with Gasteiger partial charge in [-0.3, -0.25) is 9.88 Å². The highest BCUT2D eigenvalue weighted by molar-refractivity contribution is 5.22. The molecule has 0 radical (unpaired) electrons. The minimum Gasteiger partial charge on any atom is -0.291 e. The molecule has 4 heteroatoms. The molecule has 1 aliphatic carbocycles. The van der Waals surface area contributed by atoms with E-state index in [-0.39, 0.29) is 0 Å². The Labute approximate surface area is 131 Å². The Balaban J connectivity index is 1.49. The quantitative estimate of drug-likeness (QED) is 0.869. The number of aromatic nitrogens is 3. The molecule has 0 saturated heterocycles. The fraction of sp³-hybridized carbons (Fsp3) is 0.500. The number of nitrogens with zero attached hydrogens (tertiary/aromatic N) is 4. The lowest BCUT2D eigenvalue weighted by Crippen LogP contribution is -2.31. The first kappa shape index (κ1) is 13.8. The highest BCUT2D eigenvalue weighted by atomic mass is 15.1. The topological polar surface area (TPSA) is 41.9 Å². The van der Waals surface area contributed by atoms with E-state index in [1.165, 1.54) is 35.4 Å². The van der Waals surface area contributed by atoms with Crippen LogP contribution >= 0.6 is 0 Å². The Morgan fingerprint density at radius 2 is 2.18 bits per heavy atom. The van der Waals surface area contributed by atoms with Gasteiger partial charge in [0, 0.05) is 38.4 Å². The van der Waals surface area contributed by atoms with Gasteiger partial charge in [0.05, 0.1) is 11.4 Å². The molecule has 1 fully saturated rings. The maximum Gasteiger partial charge on any atom is 0.128 e. The highest BCUT2D eigenvalue weighted by Gasteiger charge is 2.24. The van der Waals surface area contributed by atoms with Gasteiger partial charge in [-0.1, -0.05) is 6.07 Å². The smallest absolute Gasteiger partial charge is 0.128 e. The fourth-order valence-corrected chi connectivity index (χ4v) is 3.11. The highest BCUT2D eigenvalue weighted by Crippen LogP contribution is 2.32. The van der Waals surface area contributed by atoms with Gasteiger partial charge in [-0.05, 0) is 49.3 Å². The normalized spacial score (nSPS) is 18.2. The van der Waals surface area contributed by atoms with Gasteiger partial charge in [0.25, 0.3) is 0 Å². The number of aryl methyl sites for hydroxylation is 1. The van der Waals surface area contributed by atoms with Gasteiger partial charge >= 0.3 is 0 Å². The average Bonchev–Trinajstić information content (AvgIpc) is 3.33. The first-order valence-corrected chi connectivity index (χ1v) is 8.24. The minimum absolute atomic E-state index is 0.842. The molecule has 1 aliphatic heterocycles. The van der Waals surface area contributed by atoms with Crippen LogP contribution in [-0.4, -0.2) is 26.4 Å². The summed E-state index contributed by atoms with van der Waals surface area (Å²) in [7, 11) is 0. The third-order valence-corrected chi connectivity index (χ3v) is 4.73. The van der Waals surface area contributed by atoms with Crippen molar-refractivity contribution in [1.82, 2.24) is 19.9 Å². The van der Waals surface area contributed by atoms with E-state index in [1.54, 1.807) is 0 Å². The molecule has 1 saturated carbocycles. The van der Waals surface area contributed by atoms with Crippen molar-refractivity contribution in [1.29, 1.82) is 0 Å². The molecule has 4 rings (SSSR count). The molecule has 114 valence electrons. The molecule has 3 heterocycles. The van der Waals surface area contributed by atoms with Crippen molar-refractivity contribution in [2.75, 3.05) is 6.54 Å². The molecule has 22 heavy (non-hydrogen) atoms. The molecule has 2 aliphatic rings.